The Morgan fingerprint density at radius 1 is 0.780 bits per heavy atom. The lowest BCUT2D eigenvalue weighted by Crippen LogP contribution is -2.52. The molecule has 0 aliphatic carbocycles. The van der Waals surface area contributed by atoms with Crippen molar-refractivity contribution in [2.24, 2.45) is 10.8 Å². The molecule has 1 atom stereocenters. The van der Waals surface area contributed by atoms with Crippen LogP contribution in [0.5, 0.6) is 0 Å². The minimum absolute atomic E-state index is 0.135. The van der Waals surface area contributed by atoms with E-state index < -0.39 is 20.2 Å². The van der Waals surface area contributed by atoms with Gasteiger partial charge in [-0.15, -0.1) is 0 Å². The van der Waals surface area contributed by atoms with E-state index in [0.717, 1.165) is 12.6 Å². The molecule has 4 rings (SSSR count). The standard InChI is InChI=1S/C34H47N2O3P2/c1-7-39-40(6,38)36-25-23-35(24-26-36)32(37)34(4,5)27-33(2,3)28-41(29-17-11-8-12-18-29,30-19-13-9-14-20-30)31-21-15-10-16-22-31/h8-22H,7,23-28H2,1-6H3/q+1. The number of hydrogen-bond donors (Lipinski definition) is 0. The van der Waals surface area contributed by atoms with Gasteiger partial charge in [-0.05, 0) is 49.7 Å². The molecule has 1 aliphatic rings. The molecular weight excluding hydrogens is 546 g/mol. The molecule has 1 unspecified atom stereocenters. The molecule has 3 aromatic rings. The van der Waals surface area contributed by atoms with Gasteiger partial charge in [0, 0.05) is 43.7 Å². The summed E-state index contributed by atoms with van der Waals surface area (Å²) in [7, 11) is -4.84. The van der Waals surface area contributed by atoms with E-state index in [2.05, 4.69) is 119 Å². The van der Waals surface area contributed by atoms with Gasteiger partial charge in [-0.25, -0.2) is 4.67 Å². The predicted molar refractivity (Wildman–Crippen MR) is 176 cm³/mol. The highest BCUT2D eigenvalue weighted by molar-refractivity contribution is 7.95. The Hall–Kier alpha value is -2.29. The molecule has 1 fully saturated rings. The third-order valence-electron chi connectivity index (χ3n) is 8.18. The van der Waals surface area contributed by atoms with Gasteiger partial charge in [0.25, 0.3) is 7.52 Å². The SMILES string of the molecule is CCOP(C)(=O)N1CCN(C(=O)C(C)(C)CC(C)(C)C[P+](c2ccccc2)(c2ccccc2)c2ccccc2)CC1. The van der Waals surface area contributed by atoms with Crippen LogP contribution in [-0.2, 0) is 13.9 Å². The highest BCUT2D eigenvalue weighted by Crippen LogP contribution is 2.60. The van der Waals surface area contributed by atoms with E-state index in [-0.39, 0.29) is 11.3 Å². The molecule has 7 heteroatoms. The predicted octanol–water partition coefficient (Wildman–Crippen LogP) is 6.43. The molecule has 1 heterocycles. The number of hydrogen-bond acceptors (Lipinski definition) is 3. The Bertz CT molecular complexity index is 1230. The van der Waals surface area contributed by atoms with Gasteiger partial charge in [0.1, 0.15) is 23.2 Å². The summed E-state index contributed by atoms with van der Waals surface area (Å²) in [5, 5.41) is 4.09. The molecular formula is C34H47N2O3P2+. The average Bonchev–Trinajstić information content (AvgIpc) is 2.96. The van der Waals surface area contributed by atoms with Crippen molar-refractivity contribution < 1.29 is 13.9 Å². The third-order valence-corrected chi connectivity index (χ3v) is 15.2. The first kappa shape index (κ1) is 31.6. The molecule has 0 bridgehead atoms. The fraction of sp³-hybridized carbons (Fsp3) is 0.441. The van der Waals surface area contributed by atoms with Crippen molar-refractivity contribution in [1.29, 1.82) is 0 Å². The van der Waals surface area contributed by atoms with E-state index in [9.17, 15) is 9.36 Å². The Morgan fingerprint density at radius 3 is 1.59 bits per heavy atom. The highest BCUT2D eigenvalue weighted by Gasteiger charge is 2.51. The van der Waals surface area contributed by atoms with Crippen LogP contribution in [0.1, 0.15) is 41.0 Å². The summed E-state index contributed by atoms with van der Waals surface area (Å²) < 4.78 is 20.4. The van der Waals surface area contributed by atoms with Crippen LogP contribution < -0.4 is 15.9 Å². The number of carbonyl (C=O) groups excluding carboxylic acids is 1. The molecule has 0 saturated carbocycles. The summed E-state index contributed by atoms with van der Waals surface area (Å²) in [4.78, 5) is 15.9. The number of carbonyl (C=O) groups is 1. The first-order valence-corrected chi connectivity index (χ1v) is 18.7. The maximum absolute atomic E-state index is 14.0. The van der Waals surface area contributed by atoms with Gasteiger partial charge in [0.15, 0.2) is 0 Å². The van der Waals surface area contributed by atoms with Crippen molar-refractivity contribution >= 4 is 36.6 Å². The van der Waals surface area contributed by atoms with Crippen LogP contribution in [0.25, 0.3) is 0 Å². The van der Waals surface area contributed by atoms with Crippen LogP contribution in [-0.4, -0.2) is 61.1 Å². The topological polar surface area (TPSA) is 49.9 Å². The van der Waals surface area contributed by atoms with Gasteiger partial charge < -0.3 is 9.42 Å². The summed E-state index contributed by atoms with van der Waals surface area (Å²) >= 11 is 0. The van der Waals surface area contributed by atoms with Crippen LogP contribution >= 0.6 is 14.8 Å². The minimum Gasteiger partial charge on any atom is -0.340 e. The molecule has 3 aromatic carbocycles. The monoisotopic (exact) mass is 593 g/mol. The second-order valence-electron chi connectivity index (χ2n) is 12.7. The number of amides is 1. The molecule has 0 aromatic heterocycles. The van der Waals surface area contributed by atoms with Crippen LogP contribution in [0.3, 0.4) is 0 Å². The van der Waals surface area contributed by atoms with Crippen LogP contribution in [0.2, 0.25) is 0 Å². The molecule has 1 aliphatic heterocycles. The van der Waals surface area contributed by atoms with Crippen LogP contribution in [0.15, 0.2) is 91.0 Å². The van der Waals surface area contributed by atoms with Gasteiger partial charge in [0.05, 0.1) is 12.8 Å². The van der Waals surface area contributed by atoms with E-state index in [4.69, 9.17) is 4.52 Å². The number of benzene rings is 3. The van der Waals surface area contributed by atoms with Gasteiger partial charge >= 0.3 is 0 Å². The zero-order valence-corrected chi connectivity index (χ0v) is 27.4. The zero-order chi connectivity index (χ0) is 29.7. The van der Waals surface area contributed by atoms with Crippen molar-refractivity contribution in [1.82, 2.24) is 9.57 Å². The van der Waals surface area contributed by atoms with E-state index in [1.54, 1.807) is 6.66 Å². The van der Waals surface area contributed by atoms with Crippen molar-refractivity contribution in [2.75, 3.05) is 45.6 Å². The fourth-order valence-corrected chi connectivity index (χ4v) is 13.2. The van der Waals surface area contributed by atoms with Gasteiger partial charge in [0.2, 0.25) is 5.91 Å². The molecule has 0 N–H and O–H groups in total. The van der Waals surface area contributed by atoms with Crippen molar-refractivity contribution in [3.8, 4) is 0 Å². The van der Waals surface area contributed by atoms with Crippen molar-refractivity contribution in [3.05, 3.63) is 91.0 Å². The Morgan fingerprint density at radius 2 is 1.20 bits per heavy atom. The second-order valence-corrected chi connectivity index (χ2v) is 18.6. The molecule has 0 spiro atoms. The van der Waals surface area contributed by atoms with Crippen molar-refractivity contribution in [3.63, 3.8) is 0 Å². The molecule has 1 amide bonds. The zero-order valence-electron chi connectivity index (χ0n) is 25.6. The van der Waals surface area contributed by atoms with Gasteiger partial charge in [-0.2, -0.15) is 0 Å². The number of rotatable bonds is 11. The Labute approximate surface area is 248 Å². The second kappa shape index (κ2) is 12.9. The lowest BCUT2D eigenvalue weighted by molar-refractivity contribution is -0.143. The number of piperazine rings is 1. The first-order valence-electron chi connectivity index (χ1n) is 14.7. The summed E-state index contributed by atoms with van der Waals surface area (Å²) in [6, 6.07) is 32.9. The Kier molecular flexibility index (Phi) is 9.97. The molecule has 0 radical (unpaired) electrons. The van der Waals surface area contributed by atoms with E-state index in [1.807, 2.05) is 16.5 Å². The summed E-state index contributed by atoms with van der Waals surface area (Å²) in [6.07, 6.45) is 1.72. The lowest BCUT2D eigenvalue weighted by atomic mass is 9.75. The van der Waals surface area contributed by atoms with E-state index in [0.29, 0.717) is 32.8 Å². The maximum Gasteiger partial charge on any atom is 0.269 e. The summed E-state index contributed by atoms with van der Waals surface area (Å²) in [5.74, 6) is 0.177. The minimum atomic E-state index is -2.81. The number of nitrogens with zero attached hydrogens (tertiary/aromatic N) is 2. The summed E-state index contributed by atoms with van der Waals surface area (Å²) in [6.45, 7) is 15.1. The highest BCUT2D eigenvalue weighted by atomic mass is 31.2. The average molecular weight is 594 g/mol. The van der Waals surface area contributed by atoms with Crippen LogP contribution in [0.4, 0.5) is 0 Å². The quantitative estimate of drug-likeness (QED) is 0.241. The molecule has 5 nitrogen and oxygen atoms in total. The molecule has 41 heavy (non-hydrogen) atoms. The maximum atomic E-state index is 14.0. The van der Waals surface area contributed by atoms with E-state index in [1.165, 1.54) is 15.9 Å². The molecule has 1 saturated heterocycles. The normalized spacial score (nSPS) is 16.8. The third kappa shape index (κ3) is 7.20. The first-order chi connectivity index (χ1) is 19.4. The smallest absolute Gasteiger partial charge is 0.269 e. The molecule has 220 valence electrons. The summed E-state index contributed by atoms with van der Waals surface area (Å²) in [5.41, 5.74) is -0.675. The van der Waals surface area contributed by atoms with E-state index >= 15 is 0 Å². The largest absolute Gasteiger partial charge is 0.340 e. The fourth-order valence-electron chi connectivity index (χ4n) is 6.75. The van der Waals surface area contributed by atoms with Gasteiger partial charge in [-0.1, -0.05) is 82.3 Å². The van der Waals surface area contributed by atoms with Crippen molar-refractivity contribution in [2.45, 2.75) is 41.0 Å². The Balaban J connectivity index is 1.62. The lowest BCUT2D eigenvalue weighted by Gasteiger charge is -2.42. The van der Waals surface area contributed by atoms with Crippen LogP contribution in [0, 0.1) is 10.8 Å². The van der Waals surface area contributed by atoms with Gasteiger partial charge in [-0.3, -0.25) is 9.36 Å².